The first-order valence-corrected chi connectivity index (χ1v) is 9.27. The number of nitrogens with zero attached hydrogens (tertiary/aromatic N) is 1. The molecule has 0 saturated heterocycles. The Morgan fingerprint density at radius 3 is 2.81 bits per heavy atom. The molecule has 2 amide bonds. The van der Waals surface area contributed by atoms with Crippen molar-refractivity contribution in [2.75, 3.05) is 24.6 Å². The van der Waals surface area contributed by atoms with Crippen LogP contribution in [0, 0.1) is 0 Å². The van der Waals surface area contributed by atoms with Crippen LogP contribution in [0.15, 0.2) is 18.2 Å². The topological polar surface area (TPSA) is 67.9 Å². The van der Waals surface area contributed by atoms with E-state index in [4.69, 9.17) is 21.1 Å². The van der Waals surface area contributed by atoms with Crippen molar-refractivity contribution in [1.29, 1.82) is 0 Å². The van der Waals surface area contributed by atoms with Gasteiger partial charge in [-0.15, -0.1) is 0 Å². The predicted molar refractivity (Wildman–Crippen MR) is 102 cm³/mol. The minimum atomic E-state index is -0.981. The van der Waals surface area contributed by atoms with E-state index in [9.17, 15) is 9.59 Å². The molecule has 1 aromatic carbocycles. The number of hydrogen-bond donors (Lipinski definition) is 1. The maximum absolute atomic E-state index is 12.7. The number of benzene rings is 1. The molecule has 1 aliphatic heterocycles. The van der Waals surface area contributed by atoms with Gasteiger partial charge in [0, 0.05) is 31.1 Å². The lowest BCUT2D eigenvalue weighted by atomic mass is 10.0. The van der Waals surface area contributed by atoms with E-state index in [0.29, 0.717) is 29.6 Å². The highest BCUT2D eigenvalue weighted by molar-refractivity contribution is 6.31. The standard InChI is InChI=1S/C19H27ClN2O4/c1-13(2)25-11-5-9-21-17(23)8-10-22-15-12-14(20)6-7-16(15)26-19(3,4)18(22)24/h6-7,12-13H,5,8-11H2,1-4H3,(H,21,23). The number of nitrogens with one attached hydrogen (secondary N) is 1. The SMILES string of the molecule is CC(C)OCCCNC(=O)CCN1C(=O)C(C)(C)Oc2ccc(Cl)cc21. The van der Waals surface area contributed by atoms with E-state index in [2.05, 4.69) is 5.32 Å². The molecule has 0 spiro atoms. The number of amides is 2. The van der Waals surface area contributed by atoms with Crippen LogP contribution < -0.4 is 15.0 Å². The lowest BCUT2D eigenvalue weighted by molar-refractivity contribution is -0.132. The molecule has 2 rings (SSSR count). The molecule has 0 aliphatic carbocycles. The number of carbonyl (C=O) groups excluding carboxylic acids is 2. The quantitative estimate of drug-likeness (QED) is 0.701. The van der Waals surface area contributed by atoms with Crippen LogP contribution in [0.5, 0.6) is 5.75 Å². The van der Waals surface area contributed by atoms with Gasteiger partial charge in [-0.25, -0.2) is 0 Å². The Morgan fingerprint density at radius 2 is 2.12 bits per heavy atom. The third-order valence-electron chi connectivity index (χ3n) is 3.99. The van der Waals surface area contributed by atoms with Crippen molar-refractivity contribution in [3.63, 3.8) is 0 Å². The van der Waals surface area contributed by atoms with E-state index in [1.807, 2.05) is 13.8 Å². The van der Waals surface area contributed by atoms with Crippen molar-refractivity contribution in [3.05, 3.63) is 23.2 Å². The Balaban J connectivity index is 1.92. The summed E-state index contributed by atoms with van der Waals surface area (Å²) in [6.07, 6.45) is 1.15. The first-order chi connectivity index (χ1) is 12.2. The van der Waals surface area contributed by atoms with Crippen LogP contribution in [0.3, 0.4) is 0 Å². The predicted octanol–water partition coefficient (Wildman–Crippen LogP) is 3.17. The van der Waals surface area contributed by atoms with E-state index >= 15 is 0 Å². The molecule has 0 fully saturated rings. The number of hydrogen-bond acceptors (Lipinski definition) is 4. The Labute approximate surface area is 159 Å². The van der Waals surface area contributed by atoms with Crippen LogP contribution in [0.4, 0.5) is 5.69 Å². The summed E-state index contributed by atoms with van der Waals surface area (Å²) in [4.78, 5) is 26.4. The first-order valence-electron chi connectivity index (χ1n) is 8.89. The number of fused-ring (bicyclic) bond motifs is 1. The zero-order valence-electron chi connectivity index (χ0n) is 15.8. The van der Waals surface area contributed by atoms with E-state index in [1.54, 1.807) is 36.9 Å². The lowest BCUT2D eigenvalue weighted by Crippen LogP contribution is -2.53. The average molecular weight is 383 g/mol. The molecule has 6 nitrogen and oxygen atoms in total. The lowest BCUT2D eigenvalue weighted by Gasteiger charge is -2.38. The number of halogens is 1. The summed E-state index contributed by atoms with van der Waals surface area (Å²) in [6, 6.07) is 5.15. The molecular weight excluding hydrogens is 356 g/mol. The molecule has 0 saturated carbocycles. The molecule has 7 heteroatoms. The Bertz CT molecular complexity index is 661. The second-order valence-electron chi connectivity index (χ2n) is 7.05. The van der Waals surface area contributed by atoms with Crippen LogP contribution in [0.2, 0.25) is 5.02 Å². The molecule has 0 unspecified atom stereocenters. The van der Waals surface area contributed by atoms with Gasteiger partial charge in [-0.1, -0.05) is 11.6 Å². The van der Waals surface area contributed by atoms with E-state index in [0.717, 1.165) is 6.42 Å². The largest absolute Gasteiger partial charge is 0.476 e. The minimum absolute atomic E-state index is 0.102. The second-order valence-corrected chi connectivity index (χ2v) is 7.49. The molecule has 0 radical (unpaired) electrons. The maximum Gasteiger partial charge on any atom is 0.270 e. The van der Waals surface area contributed by atoms with Crippen molar-refractivity contribution in [2.24, 2.45) is 0 Å². The summed E-state index contributed by atoms with van der Waals surface area (Å²) in [6.45, 7) is 8.82. The van der Waals surface area contributed by atoms with Gasteiger partial charge < -0.3 is 19.7 Å². The number of carbonyl (C=O) groups is 2. The molecule has 0 atom stereocenters. The fourth-order valence-corrected chi connectivity index (χ4v) is 2.85. The Morgan fingerprint density at radius 1 is 1.38 bits per heavy atom. The molecule has 0 bridgehead atoms. The fourth-order valence-electron chi connectivity index (χ4n) is 2.68. The van der Waals surface area contributed by atoms with Crippen LogP contribution in [-0.2, 0) is 14.3 Å². The maximum atomic E-state index is 12.7. The van der Waals surface area contributed by atoms with E-state index in [1.165, 1.54) is 0 Å². The van der Waals surface area contributed by atoms with Crippen molar-refractivity contribution >= 4 is 29.1 Å². The van der Waals surface area contributed by atoms with Crippen LogP contribution in [0.25, 0.3) is 0 Å². The van der Waals surface area contributed by atoms with Gasteiger partial charge in [0.2, 0.25) is 5.91 Å². The van der Waals surface area contributed by atoms with Gasteiger partial charge in [-0.3, -0.25) is 9.59 Å². The molecule has 1 N–H and O–H groups in total. The molecule has 26 heavy (non-hydrogen) atoms. The summed E-state index contributed by atoms with van der Waals surface area (Å²) in [5.41, 5.74) is -0.383. The summed E-state index contributed by atoms with van der Waals surface area (Å²) in [5.74, 6) is 0.297. The van der Waals surface area contributed by atoms with Gasteiger partial charge >= 0.3 is 0 Å². The third-order valence-corrected chi connectivity index (χ3v) is 4.23. The van der Waals surface area contributed by atoms with Crippen molar-refractivity contribution in [2.45, 2.75) is 52.2 Å². The van der Waals surface area contributed by atoms with Crippen LogP contribution in [0.1, 0.15) is 40.5 Å². The highest BCUT2D eigenvalue weighted by Crippen LogP contribution is 2.39. The van der Waals surface area contributed by atoms with Gasteiger partial charge in [0.1, 0.15) is 5.75 Å². The van der Waals surface area contributed by atoms with Gasteiger partial charge in [-0.2, -0.15) is 0 Å². The molecule has 1 aliphatic rings. The summed E-state index contributed by atoms with van der Waals surface area (Å²) >= 11 is 6.06. The number of ether oxygens (including phenoxy) is 2. The fraction of sp³-hybridized carbons (Fsp3) is 0.579. The van der Waals surface area contributed by atoms with Gasteiger partial charge in [-0.05, 0) is 52.3 Å². The Hall–Kier alpha value is -1.79. The summed E-state index contributed by atoms with van der Waals surface area (Å²) in [7, 11) is 0. The monoisotopic (exact) mass is 382 g/mol. The third kappa shape index (κ3) is 5.35. The zero-order valence-corrected chi connectivity index (χ0v) is 16.6. The number of rotatable bonds is 8. The smallest absolute Gasteiger partial charge is 0.270 e. The number of anilines is 1. The van der Waals surface area contributed by atoms with Crippen molar-refractivity contribution < 1.29 is 19.1 Å². The normalized spacial score (nSPS) is 15.6. The van der Waals surface area contributed by atoms with Gasteiger partial charge in [0.15, 0.2) is 5.60 Å². The van der Waals surface area contributed by atoms with Gasteiger partial charge in [0.05, 0.1) is 11.8 Å². The molecule has 0 aromatic heterocycles. The van der Waals surface area contributed by atoms with Crippen molar-refractivity contribution in [3.8, 4) is 5.75 Å². The first kappa shape index (κ1) is 20.5. The summed E-state index contributed by atoms with van der Waals surface area (Å²) < 4.78 is 11.2. The Kier molecular flexibility index (Phi) is 6.89. The zero-order chi connectivity index (χ0) is 19.3. The van der Waals surface area contributed by atoms with Crippen molar-refractivity contribution in [1.82, 2.24) is 5.32 Å². The molecule has 144 valence electrons. The van der Waals surface area contributed by atoms with E-state index < -0.39 is 5.60 Å². The highest BCUT2D eigenvalue weighted by atomic mass is 35.5. The second kappa shape index (κ2) is 8.73. The summed E-state index contributed by atoms with van der Waals surface area (Å²) in [5, 5.41) is 3.37. The highest BCUT2D eigenvalue weighted by Gasteiger charge is 2.40. The minimum Gasteiger partial charge on any atom is -0.476 e. The molecular formula is C19H27ClN2O4. The van der Waals surface area contributed by atoms with Crippen LogP contribution in [-0.4, -0.2) is 43.2 Å². The molecule has 1 aromatic rings. The average Bonchev–Trinajstić information content (AvgIpc) is 2.55. The molecule has 1 heterocycles. The van der Waals surface area contributed by atoms with Gasteiger partial charge in [0.25, 0.3) is 5.91 Å². The van der Waals surface area contributed by atoms with Crippen LogP contribution >= 0.6 is 11.6 Å². The van der Waals surface area contributed by atoms with E-state index in [-0.39, 0.29) is 30.9 Å².